The second-order valence-corrected chi connectivity index (χ2v) is 4.29. The molecule has 0 heterocycles. The number of allylic oxidation sites excluding steroid dienone is 2. The summed E-state index contributed by atoms with van der Waals surface area (Å²) in [6.07, 6.45) is 4.58. The maximum absolute atomic E-state index is 4.05. The number of hydrogen-bond donors (Lipinski definition) is 0. The van der Waals surface area contributed by atoms with Crippen LogP contribution in [0.15, 0.2) is 24.8 Å². The van der Waals surface area contributed by atoms with Crippen LogP contribution in [0.4, 0.5) is 0 Å². The lowest BCUT2D eigenvalue weighted by Crippen LogP contribution is -2.01. The zero-order valence-corrected chi connectivity index (χ0v) is 9.22. The van der Waals surface area contributed by atoms with Gasteiger partial charge in [0.25, 0.3) is 0 Å². The van der Waals surface area contributed by atoms with Gasteiger partial charge in [-0.25, -0.2) is 0 Å². The molecule has 0 aromatic heterocycles. The number of rotatable bonds is 5. The smallest absolute Gasteiger partial charge is 0.0163 e. The topological polar surface area (TPSA) is 0 Å². The van der Waals surface area contributed by atoms with Crippen LogP contribution in [0.1, 0.15) is 33.6 Å². The lowest BCUT2D eigenvalue weighted by Gasteiger charge is -2.10. The summed E-state index contributed by atoms with van der Waals surface area (Å²) in [4.78, 5) is 0. The molecular weight excluding hydrogens is 156 g/mol. The molecule has 1 rings (SSSR count). The van der Waals surface area contributed by atoms with Gasteiger partial charge in [0, 0.05) is 0 Å². The van der Waals surface area contributed by atoms with E-state index < -0.39 is 0 Å². The lowest BCUT2D eigenvalue weighted by molar-refractivity contribution is 0.528. The van der Waals surface area contributed by atoms with Crippen LogP contribution in [0.25, 0.3) is 0 Å². The van der Waals surface area contributed by atoms with E-state index >= 15 is 0 Å². The highest BCUT2D eigenvalue weighted by Crippen LogP contribution is 2.56. The Morgan fingerprint density at radius 2 is 1.77 bits per heavy atom. The summed E-state index contributed by atoms with van der Waals surface area (Å²) in [5.74, 6) is 3.45. The van der Waals surface area contributed by atoms with E-state index in [9.17, 15) is 0 Å². The van der Waals surface area contributed by atoms with Crippen LogP contribution in [-0.4, -0.2) is 0 Å². The van der Waals surface area contributed by atoms with Gasteiger partial charge in [-0.1, -0.05) is 58.4 Å². The van der Waals surface area contributed by atoms with E-state index in [2.05, 4.69) is 33.9 Å². The molecule has 1 aliphatic carbocycles. The molecule has 13 heavy (non-hydrogen) atoms. The van der Waals surface area contributed by atoms with Crippen molar-refractivity contribution in [2.75, 3.05) is 0 Å². The van der Waals surface area contributed by atoms with Crippen molar-refractivity contribution in [1.29, 1.82) is 0 Å². The van der Waals surface area contributed by atoms with Gasteiger partial charge in [-0.15, -0.1) is 0 Å². The van der Waals surface area contributed by atoms with Crippen molar-refractivity contribution < 1.29 is 0 Å². The van der Waals surface area contributed by atoms with Gasteiger partial charge in [0.15, 0.2) is 0 Å². The third-order valence-electron chi connectivity index (χ3n) is 3.77. The van der Waals surface area contributed by atoms with E-state index in [1.165, 1.54) is 18.4 Å². The summed E-state index contributed by atoms with van der Waals surface area (Å²) in [5.41, 5.74) is 1.22. The summed E-state index contributed by atoms with van der Waals surface area (Å²) in [7, 11) is 0. The van der Waals surface area contributed by atoms with Crippen LogP contribution in [0.3, 0.4) is 0 Å². The van der Waals surface area contributed by atoms with Crippen LogP contribution in [-0.2, 0) is 0 Å². The second-order valence-electron chi connectivity index (χ2n) is 4.29. The molecule has 1 aliphatic rings. The van der Waals surface area contributed by atoms with Gasteiger partial charge in [0.05, 0.1) is 0 Å². The fourth-order valence-electron chi connectivity index (χ4n) is 2.80. The van der Waals surface area contributed by atoms with E-state index in [4.69, 9.17) is 0 Å². The number of hydrogen-bond acceptors (Lipinski definition) is 0. The van der Waals surface area contributed by atoms with Crippen molar-refractivity contribution in [3.8, 4) is 0 Å². The highest BCUT2D eigenvalue weighted by molar-refractivity contribution is 5.19. The fraction of sp³-hybridized carbons (Fsp3) is 0.692. The van der Waals surface area contributed by atoms with Gasteiger partial charge in [-0.05, 0) is 23.7 Å². The third-order valence-corrected chi connectivity index (χ3v) is 3.77. The van der Waals surface area contributed by atoms with Crippen LogP contribution in [0.5, 0.6) is 0 Å². The van der Waals surface area contributed by atoms with E-state index in [1.807, 2.05) is 6.08 Å². The zero-order chi connectivity index (χ0) is 10.0. The molecule has 3 atom stereocenters. The molecule has 0 nitrogen and oxygen atoms in total. The first kappa shape index (κ1) is 10.6. The summed E-state index contributed by atoms with van der Waals surface area (Å²) < 4.78 is 0. The molecule has 74 valence electrons. The van der Waals surface area contributed by atoms with Crippen LogP contribution >= 0.6 is 0 Å². The van der Waals surface area contributed by atoms with Crippen molar-refractivity contribution in [3.63, 3.8) is 0 Å². The molecule has 0 saturated heterocycles. The van der Waals surface area contributed by atoms with E-state index in [0.717, 1.165) is 17.8 Å². The average Bonchev–Trinajstić information content (AvgIpc) is 2.88. The van der Waals surface area contributed by atoms with E-state index in [-0.39, 0.29) is 0 Å². The maximum atomic E-state index is 4.05. The van der Waals surface area contributed by atoms with Crippen LogP contribution < -0.4 is 0 Å². The molecule has 1 saturated carbocycles. The van der Waals surface area contributed by atoms with Gasteiger partial charge in [-0.2, -0.15) is 0 Å². The van der Waals surface area contributed by atoms with Gasteiger partial charge in [0.1, 0.15) is 0 Å². The molecule has 0 aromatic carbocycles. The van der Waals surface area contributed by atoms with Crippen molar-refractivity contribution in [1.82, 2.24) is 0 Å². The van der Waals surface area contributed by atoms with Gasteiger partial charge in [-0.3, -0.25) is 0 Å². The Morgan fingerprint density at radius 1 is 1.31 bits per heavy atom. The van der Waals surface area contributed by atoms with Crippen LogP contribution in [0, 0.1) is 23.7 Å². The second kappa shape index (κ2) is 4.13. The minimum absolute atomic E-state index is 0.646. The van der Waals surface area contributed by atoms with Gasteiger partial charge < -0.3 is 0 Å². The van der Waals surface area contributed by atoms with Crippen molar-refractivity contribution >= 4 is 0 Å². The minimum atomic E-state index is 0.646. The zero-order valence-electron chi connectivity index (χ0n) is 9.22. The first-order valence-electron chi connectivity index (χ1n) is 5.48. The lowest BCUT2D eigenvalue weighted by atomic mass is 9.94. The Kier molecular flexibility index (Phi) is 3.35. The first-order valence-corrected chi connectivity index (χ1v) is 5.48. The molecule has 0 aliphatic heterocycles. The van der Waals surface area contributed by atoms with Crippen molar-refractivity contribution in [2.24, 2.45) is 23.7 Å². The molecule has 0 N–H and O–H groups in total. The fourth-order valence-corrected chi connectivity index (χ4v) is 2.80. The highest BCUT2D eigenvalue weighted by atomic mass is 14.5. The Labute approximate surface area is 82.7 Å². The Hall–Kier alpha value is -0.520. The molecule has 1 fully saturated rings. The standard InChI is InChI=1S/C13H22/c1-6-9(4)10(5)13-11(7-2)12(13)8-3/h6,10-13H,1,4,7-8H2,2-3,5H3. The Balaban J connectivity index is 2.54. The largest absolute Gasteiger partial charge is 0.0988 e. The highest BCUT2D eigenvalue weighted by Gasteiger charge is 2.49. The first-order chi connectivity index (χ1) is 6.17. The summed E-state index contributed by atoms with van der Waals surface area (Å²) in [5, 5.41) is 0. The molecule has 0 aromatic rings. The maximum Gasteiger partial charge on any atom is -0.0163 e. The SMILES string of the molecule is C=CC(=C)C(C)C1C(CC)C1CC. The molecule has 0 spiro atoms. The third kappa shape index (κ3) is 1.87. The van der Waals surface area contributed by atoms with E-state index in [0.29, 0.717) is 5.92 Å². The molecular formula is C13H22. The van der Waals surface area contributed by atoms with Crippen molar-refractivity contribution in [2.45, 2.75) is 33.6 Å². The van der Waals surface area contributed by atoms with Crippen LogP contribution in [0.2, 0.25) is 0 Å². The Bertz CT molecular complexity index is 192. The predicted octanol–water partition coefficient (Wildman–Crippen LogP) is 4.05. The monoisotopic (exact) mass is 178 g/mol. The molecule has 0 heteroatoms. The quantitative estimate of drug-likeness (QED) is 0.557. The summed E-state index contributed by atoms with van der Waals surface area (Å²) in [6.45, 7) is 14.8. The molecule has 0 bridgehead atoms. The van der Waals surface area contributed by atoms with Gasteiger partial charge >= 0.3 is 0 Å². The molecule has 3 unspecified atom stereocenters. The summed E-state index contributed by atoms with van der Waals surface area (Å²) in [6, 6.07) is 0. The predicted molar refractivity (Wildman–Crippen MR) is 59.6 cm³/mol. The normalized spacial score (nSPS) is 33.9. The van der Waals surface area contributed by atoms with Crippen molar-refractivity contribution in [3.05, 3.63) is 24.8 Å². The molecule has 0 radical (unpaired) electrons. The van der Waals surface area contributed by atoms with E-state index in [1.54, 1.807) is 0 Å². The minimum Gasteiger partial charge on any atom is -0.0988 e. The van der Waals surface area contributed by atoms with Gasteiger partial charge in [0.2, 0.25) is 0 Å². The molecule has 0 amide bonds. The summed E-state index contributed by atoms with van der Waals surface area (Å²) >= 11 is 0. The Morgan fingerprint density at radius 3 is 2.08 bits per heavy atom. The average molecular weight is 178 g/mol.